The van der Waals surface area contributed by atoms with Crippen LogP contribution in [0.25, 0.3) is 10.9 Å². The predicted octanol–water partition coefficient (Wildman–Crippen LogP) is 4.76. The number of rotatable bonds is 7. The lowest BCUT2D eigenvalue weighted by atomic mass is 10.0. The van der Waals surface area contributed by atoms with Crippen molar-refractivity contribution >= 4 is 23.0 Å². The van der Waals surface area contributed by atoms with Crippen LogP contribution in [0.5, 0.6) is 11.5 Å². The van der Waals surface area contributed by atoms with E-state index >= 15 is 0 Å². The molecule has 160 valence electrons. The molecule has 4 rings (SSSR count). The zero-order valence-electron chi connectivity index (χ0n) is 18.1. The van der Waals surface area contributed by atoms with Gasteiger partial charge in [0.05, 0.1) is 11.1 Å². The standard InChI is InChI=1S/C25H27N3O3/c1-16(2)10-19-13-21(20-6-4-5-7-22(20)27-19)25(29)28-26-14-17(3)11-18-8-9-23-24(12-18)31-15-30-23/h4-9,12-14,16-17H,10-11,15H2,1-3H3,(H,28,29). The Balaban J connectivity index is 1.44. The molecular formula is C25H27N3O3. The van der Waals surface area contributed by atoms with Crippen LogP contribution >= 0.6 is 0 Å². The number of nitrogens with one attached hydrogen (secondary N) is 1. The fourth-order valence-electron chi connectivity index (χ4n) is 3.72. The minimum Gasteiger partial charge on any atom is -0.454 e. The molecule has 1 N–H and O–H groups in total. The van der Waals surface area contributed by atoms with E-state index in [0.717, 1.165) is 46.5 Å². The normalized spacial score (nSPS) is 13.8. The summed E-state index contributed by atoms with van der Waals surface area (Å²) < 4.78 is 10.8. The van der Waals surface area contributed by atoms with E-state index < -0.39 is 0 Å². The van der Waals surface area contributed by atoms with E-state index in [1.807, 2.05) is 48.5 Å². The maximum atomic E-state index is 12.9. The van der Waals surface area contributed by atoms with Crippen molar-refractivity contribution < 1.29 is 14.3 Å². The Hall–Kier alpha value is -3.41. The van der Waals surface area contributed by atoms with E-state index in [4.69, 9.17) is 14.5 Å². The van der Waals surface area contributed by atoms with Gasteiger partial charge >= 0.3 is 0 Å². The molecule has 2 aromatic carbocycles. The largest absolute Gasteiger partial charge is 0.454 e. The van der Waals surface area contributed by atoms with Crippen LogP contribution < -0.4 is 14.9 Å². The number of amides is 1. The lowest BCUT2D eigenvalue weighted by Crippen LogP contribution is -2.19. The average molecular weight is 418 g/mol. The Morgan fingerprint density at radius 3 is 2.74 bits per heavy atom. The van der Waals surface area contributed by atoms with Gasteiger partial charge in [-0.1, -0.05) is 45.0 Å². The van der Waals surface area contributed by atoms with Gasteiger partial charge in [0, 0.05) is 17.3 Å². The topological polar surface area (TPSA) is 72.8 Å². The number of hydrogen-bond acceptors (Lipinski definition) is 5. The van der Waals surface area contributed by atoms with Crippen molar-refractivity contribution in [1.82, 2.24) is 10.4 Å². The maximum absolute atomic E-state index is 12.9. The second-order valence-corrected chi connectivity index (χ2v) is 8.36. The quantitative estimate of drug-likeness (QED) is 0.444. The van der Waals surface area contributed by atoms with Crippen LogP contribution in [0.1, 0.15) is 42.4 Å². The van der Waals surface area contributed by atoms with Crippen molar-refractivity contribution in [2.45, 2.75) is 33.6 Å². The highest BCUT2D eigenvalue weighted by atomic mass is 16.7. The van der Waals surface area contributed by atoms with Crippen LogP contribution in [-0.2, 0) is 12.8 Å². The number of hydrogen-bond donors (Lipinski definition) is 1. The van der Waals surface area contributed by atoms with Gasteiger partial charge in [-0.25, -0.2) is 5.43 Å². The number of benzene rings is 2. The highest BCUT2D eigenvalue weighted by Crippen LogP contribution is 2.33. The molecule has 0 radical (unpaired) electrons. The Morgan fingerprint density at radius 2 is 1.90 bits per heavy atom. The zero-order chi connectivity index (χ0) is 21.8. The Labute approximate surface area is 182 Å². The smallest absolute Gasteiger partial charge is 0.272 e. The van der Waals surface area contributed by atoms with Crippen molar-refractivity contribution in [3.05, 3.63) is 65.4 Å². The van der Waals surface area contributed by atoms with Crippen LogP contribution in [0.15, 0.2) is 53.6 Å². The molecule has 0 saturated carbocycles. The number of para-hydroxylation sites is 1. The summed E-state index contributed by atoms with van der Waals surface area (Å²) in [4.78, 5) is 17.6. The molecule has 0 aliphatic carbocycles. The molecule has 1 amide bonds. The van der Waals surface area contributed by atoms with E-state index in [9.17, 15) is 4.79 Å². The summed E-state index contributed by atoms with van der Waals surface area (Å²) in [5, 5.41) is 5.04. The molecule has 31 heavy (non-hydrogen) atoms. The molecule has 0 bridgehead atoms. The third-order valence-electron chi connectivity index (χ3n) is 5.12. The summed E-state index contributed by atoms with van der Waals surface area (Å²) in [5.41, 5.74) is 6.16. The molecule has 6 heteroatoms. The number of hydrazone groups is 1. The number of ether oxygens (including phenoxy) is 2. The van der Waals surface area contributed by atoms with Crippen LogP contribution in [0.4, 0.5) is 0 Å². The minimum atomic E-state index is -0.227. The van der Waals surface area contributed by atoms with Crippen molar-refractivity contribution in [1.29, 1.82) is 0 Å². The summed E-state index contributed by atoms with van der Waals surface area (Å²) in [5.74, 6) is 1.93. The molecule has 1 aromatic heterocycles. The SMILES string of the molecule is CC(C)Cc1cc(C(=O)NN=CC(C)Cc2ccc3c(c2)OCO3)c2ccccc2n1. The first-order valence-corrected chi connectivity index (χ1v) is 10.6. The molecule has 2 heterocycles. The third-order valence-corrected chi connectivity index (χ3v) is 5.12. The Morgan fingerprint density at radius 1 is 1.10 bits per heavy atom. The van der Waals surface area contributed by atoms with Gasteiger partial charge in [0.1, 0.15) is 0 Å². The molecule has 0 fully saturated rings. The molecule has 1 atom stereocenters. The fraction of sp³-hybridized carbons (Fsp3) is 0.320. The van der Waals surface area contributed by atoms with Gasteiger partial charge in [0.25, 0.3) is 5.91 Å². The fourth-order valence-corrected chi connectivity index (χ4v) is 3.72. The maximum Gasteiger partial charge on any atom is 0.272 e. The van der Waals surface area contributed by atoms with Crippen molar-refractivity contribution in [3.63, 3.8) is 0 Å². The van der Waals surface area contributed by atoms with Crippen LogP contribution in [0, 0.1) is 11.8 Å². The van der Waals surface area contributed by atoms with Gasteiger partial charge in [-0.3, -0.25) is 9.78 Å². The van der Waals surface area contributed by atoms with Crippen molar-refractivity contribution in [2.24, 2.45) is 16.9 Å². The van der Waals surface area contributed by atoms with Gasteiger partial charge in [0.15, 0.2) is 11.5 Å². The van der Waals surface area contributed by atoms with Gasteiger partial charge in [-0.2, -0.15) is 5.10 Å². The molecule has 0 spiro atoms. The van der Waals surface area contributed by atoms with Crippen LogP contribution in [-0.4, -0.2) is 23.9 Å². The Bertz CT molecular complexity index is 1120. The number of nitrogens with zero attached hydrogens (tertiary/aromatic N) is 2. The highest BCUT2D eigenvalue weighted by molar-refractivity contribution is 6.06. The van der Waals surface area contributed by atoms with E-state index in [0.29, 0.717) is 11.5 Å². The summed E-state index contributed by atoms with van der Waals surface area (Å²) in [7, 11) is 0. The monoisotopic (exact) mass is 417 g/mol. The number of fused-ring (bicyclic) bond motifs is 2. The average Bonchev–Trinajstić information content (AvgIpc) is 3.20. The van der Waals surface area contributed by atoms with Crippen LogP contribution in [0.2, 0.25) is 0 Å². The van der Waals surface area contributed by atoms with Gasteiger partial charge in [0.2, 0.25) is 6.79 Å². The summed E-state index contributed by atoms with van der Waals surface area (Å²) in [6.07, 6.45) is 3.37. The zero-order valence-corrected chi connectivity index (χ0v) is 18.1. The second-order valence-electron chi connectivity index (χ2n) is 8.36. The molecular weight excluding hydrogens is 390 g/mol. The minimum absolute atomic E-state index is 0.145. The molecule has 1 unspecified atom stereocenters. The Kier molecular flexibility index (Phi) is 6.16. The van der Waals surface area contributed by atoms with Gasteiger partial charge < -0.3 is 9.47 Å². The van der Waals surface area contributed by atoms with E-state index in [2.05, 4.69) is 31.3 Å². The number of carbonyl (C=O) groups is 1. The first-order chi connectivity index (χ1) is 15.0. The number of carbonyl (C=O) groups excluding carboxylic acids is 1. The molecule has 0 saturated heterocycles. The lowest BCUT2D eigenvalue weighted by Gasteiger charge is -2.10. The third kappa shape index (κ3) is 5.02. The van der Waals surface area contributed by atoms with E-state index in [1.54, 1.807) is 6.21 Å². The predicted molar refractivity (Wildman–Crippen MR) is 122 cm³/mol. The van der Waals surface area contributed by atoms with Gasteiger partial charge in [-0.15, -0.1) is 0 Å². The first kappa shape index (κ1) is 20.8. The van der Waals surface area contributed by atoms with E-state index in [-0.39, 0.29) is 18.6 Å². The first-order valence-electron chi connectivity index (χ1n) is 10.6. The lowest BCUT2D eigenvalue weighted by molar-refractivity contribution is 0.0956. The van der Waals surface area contributed by atoms with Crippen LogP contribution in [0.3, 0.4) is 0 Å². The molecule has 1 aliphatic rings. The molecule has 3 aromatic rings. The molecule has 1 aliphatic heterocycles. The molecule has 6 nitrogen and oxygen atoms in total. The van der Waals surface area contributed by atoms with Crippen molar-refractivity contribution in [2.75, 3.05) is 6.79 Å². The number of aromatic nitrogens is 1. The summed E-state index contributed by atoms with van der Waals surface area (Å²) >= 11 is 0. The second kappa shape index (κ2) is 9.16. The summed E-state index contributed by atoms with van der Waals surface area (Å²) in [6.45, 7) is 6.61. The van der Waals surface area contributed by atoms with E-state index in [1.165, 1.54) is 0 Å². The highest BCUT2D eigenvalue weighted by Gasteiger charge is 2.15. The number of pyridine rings is 1. The van der Waals surface area contributed by atoms with Gasteiger partial charge in [-0.05, 0) is 54.5 Å². The summed E-state index contributed by atoms with van der Waals surface area (Å²) in [6, 6.07) is 15.5. The van der Waals surface area contributed by atoms with Crippen molar-refractivity contribution in [3.8, 4) is 11.5 Å².